The van der Waals surface area contributed by atoms with Crippen molar-refractivity contribution in [2.24, 2.45) is 5.41 Å². The predicted molar refractivity (Wildman–Crippen MR) is 73.7 cm³/mol. The van der Waals surface area contributed by atoms with Crippen molar-refractivity contribution < 1.29 is 0 Å². The van der Waals surface area contributed by atoms with Gasteiger partial charge in [-0.2, -0.15) is 0 Å². The fraction of sp³-hybridized carbons (Fsp3) is 0.500. The molecule has 0 radical (unpaired) electrons. The van der Waals surface area contributed by atoms with Crippen molar-refractivity contribution in [2.45, 2.75) is 47.5 Å². The number of benzene rings is 1. The van der Waals surface area contributed by atoms with Crippen molar-refractivity contribution >= 4 is 5.57 Å². The lowest BCUT2D eigenvalue weighted by molar-refractivity contribution is 0.427. The van der Waals surface area contributed by atoms with Gasteiger partial charge in [-0.25, -0.2) is 0 Å². The van der Waals surface area contributed by atoms with Crippen LogP contribution in [0.25, 0.3) is 5.57 Å². The van der Waals surface area contributed by atoms with Crippen LogP contribution in [0.4, 0.5) is 0 Å². The summed E-state index contributed by atoms with van der Waals surface area (Å²) in [6, 6.07) is 6.72. The third kappa shape index (κ3) is 3.52. The van der Waals surface area contributed by atoms with Crippen molar-refractivity contribution in [2.75, 3.05) is 0 Å². The second kappa shape index (κ2) is 4.86. The molecule has 0 aliphatic rings. The lowest BCUT2D eigenvalue weighted by Crippen LogP contribution is -2.06. The molecule has 1 aromatic carbocycles. The van der Waals surface area contributed by atoms with Crippen molar-refractivity contribution in [3.05, 3.63) is 41.5 Å². The maximum absolute atomic E-state index is 4.23. The molecule has 0 saturated heterocycles. The molecule has 16 heavy (non-hydrogen) atoms. The number of rotatable bonds is 3. The van der Waals surface area contributed by atoms with E-state index in [1.54, 1.807) is 0 Å². The van der Waals surface area contributed by atoms with Crippen LogP contribution in [0.1, 0.15) is 50.8 Å². The van der Waals surface area contributed by atoms with E-state index in [1.807, 2.05) is 0 Å². The molecule has 1 aromatic rings. The van der Waals surface area contributed by atoms with Crippen molar-refractivity contribution in [1.82, 2.24) is 0 Å². The van der Waals surface area contributed by atoms with Gasteiger partial charge in [0.05, 0.1) is 0 Å². The molecule has 88 valence electrons. The highest BCUT2D eigenvalue weighted by molar-refractivity contribution is 5.66. The SMILES string of the molecule is C=C(CC(C)(C)C)c1ccc(CC)cc1C. The first-order valence-corrected chi connectivity index (χ1v) is 6.11. The van der Waals surface area contributed by atoms with Gasteiger partial charge in [-0.3, -0.25) is 0 Å². The minimum absolute atomic E-state index is 0.312. The molecule has 0 fully saturated rings. The number of allylic oxidation sites excluding steroid dienone is 1. The number of hydrogen-bond donors (Lipinski definition) is 0. The first-order chi connectivity index (χ1) is 7.33. The Morgan fingerprint density at radius 3 is 2.31 bits per heavy atom. The van der Waals surface area contributed by atoms with Gasteiger partial charge in [-0.05, 0) is 47.4 Å². The van der Waals surface area contributed by atoms with Crippen LogP contribution in [0.2, 0.25) is 0 Å². The summed E-state index contributed by atoms with van der Waals surface area (Å²) in [5.41, 5.74) is 5.66. The summed E-state index contributed by atoms with van der Waals surface area (Å²) in [7, 11) is 0. The first-order valence-electron chi connectivity index (χ1n) is 6.11. The third-order valence-electron chi connectivity index (χ3n) is 2.82. The van der Waals surface area contributed by atoms with Crippen LogP contribution in [-0.2, 0) is 6.42 Å². The van der Waals surface area contributed by atoms with Gasteiger partial charge >= 0.3 is 0 Å². The molecule has 0 aliphatic carbocycles. The molecular formula is C16H24. The van der Waals surface area contributed by atoms with E-state index in [2.05, 4.69) is 59.4 Å². The molecule has 0 aliphatic heterocycles. The Morgan fingerprint density at radius 1 is 1.25 bits per heavy atom. The molecule has 0 heterocycles. The Bertz CT molecular complexity index is 378. The molecule has 0 bridgehead atoms. The van der Waals surface area contributed by atoms with E-state index in [4.69, 9.17) is 0 Å². The zero-order chi connectivity index (χ0) is 12.3. The maximum atomic E-state index is 4.23. The second-order valence-electron chi connectivity index (χ2n) is 5.84. The zero-order valence-corrected chi connectivity index (χ0v) is 11.4. The predicted octanol–water partition coefficient (Wildman–Crippen LogP) is 5.01. The highest BCUT2D eigenvalue weighted by Gasteiger charge is 2.14. The summed E-state index contributed by atoms with van der Waals surface area (Å²) >= 11 is 0. The van der Waals surface area contributed by atoms with Crippen LogP contribution >= 0.6 is 0 Å². The number of aryl methyl sites for hydroxylation is 2. The second-order valence-corrected chi connectivity index (χ2v) is 5.84. The van der Waals surface area contributed by atoms with E-state index < -0.39 is 0 Å². The van der Waals surface area contributed by atoms with E-state index in [1.165, 1.54) is 22.3 Å². The van der Waals surface area contributed by atoms with E-state index in [0.29, 0.717) is 5.41 Å². The summed E-state index contributed by atoms with van der Waals surface area (Å²) in [4.78, 5) is 0. The van der Waals surface area contributed by atoms with Crippen molar-refractivity contribution in [1.29, 1.82) is 0 Å². The highest BCUT2D eigenvalue weighted by Crippen LogP contribution is 2.30. The van der Waals surface area contributed by atoms with Crippen LogP contribution in [-0.4, -0.2) is 0 Å². The minimum atomic E-state index is 0.312. The summed E-state index contributed by atoms with van der Waals surface area (Å²) in [6.45, 7) is 15.4. The van der Waals surface area contributed by atoms with Crippen LogP contribution < -0.4 is 0 Å². The van der Waals surface area contributed by atoms with Gasteiger partial charge in [0, 0.05) is 0 Å². The standard InChI is InChI=1S/C16H24/c1-7-14-8-9-15(12(2)10-14)13(3)11-16(4,5)6/h8-10H,3,7,11H2,1-2,4-6H3. The lowest BCUT2D eigenvalue weighted by atomic mass is 9.84. The lowest BCUT2D eigenvalue weighted by Gasteiger charge is -2.21. The van der Waals surface area contributed by atoms with Crippen LogP contribution in [0.15, 0.2) is 24.8 Å². The smallest absolute Gasteiger partial charge is 0.0201 e. The molecule has 0 spiro atoms. The van der Waals surface area contributed by atoms with Crippen LogP contribution in [0.5, 0.6) is 0 Å². The Morgan fingerprint density at radius 2 is 1.88 bits per heavy atom. The van der Waals surface area contributed by atoms with Gasteiger partial charge in [-0.15, -0.1) is 0 Å². The normalized spacial score (nSPS) is 11.6. The van der Waals surface area contributed by atoms with Gasteiger partial charge in [0.15, 0.2) is 0 Å². The molecule has 0 saturated carbocycles. The van der Waals surface area contributed by atoms with Gasteiger partial charge in [0.2, 0.25) is 0 Å². The van der Waals surface area contributed by atoms with E-state index in [-0.39, 0.29) is 0 Å². The summed E-state index contributed by atoms with van der Waals surface area (Å²) in [5, 5.41) is 0. The summed E-state index contributed by atoms with van der Waals surface area (Å²) in [5.74, 6) is 0. The largest absolute Gasteiger partial charge is 0.0952 e. The first kappa shape index (κ1) is 13.0. The third-order valence-corrected chi connectivity index (χ3v) is 2.82. The fourth-order valence-electron chi connectivity index (χ4n) is 2.08. The molecule has 0 N–H and O–H groups in total. The van der Waals surface area contributed by atoms with Gasteiger partial charge in [0.25, 0.3) is 0 Å². The van der Waals surface area contributed by atoms with Crippen LogP contribution in [0.3, 0.4) is 0 Å². The van der Waals surface area contributed by atoms with E-state index in [0.717, 1.165) is 12.8 Å². The summed E-state index contributed by atoms with van der Waals surface area (Å²) in [6.07, 6.45) is 2.16. The molecule has 0 atom stereocenters. The Hall–Kier alpha value is -1.04. The topological polar surface area (TPSA) is 0 Å². The zero-order valence-electron chi connectivity index (χ0n) is 11.4. The van der Waals surface area contributed by atoms with Gasteiger partial charge < -0.3 is 0 Å². The average molecular weight is 216 g/mol. The summed E-state index contributed by atoms with van der Waals surface area (Å²) < 4.78 is 0. The monoisotopic (exact) mass is 216 g/mol. The minimum Gasteiger partial charge on any atom is -0.0952 e. The molecule has 0 amide bonds. The molecule has 0 aromatic heterocycles. The molecule has 0 heteroatoms. The van der Waals surface area contributed by atoms with Gasteiger partial charge in [-0.1, -0.05) is 52.5 Å². The number of hydrogen-bond acceptors (Lipinski definition) is 0. The Labute approximate surface area is 100 Å². The van der Waals surface area contributed by atoms with Crippen LogP contribution in [0, 0.1) is 12.3 Å². The van der Waals surface area contributed by atoms with Gasteiger partial charge in [0.1, 0.15) is 0 Å². The van der Waals surface area contributed by atoms with Crippen molar-refractivity contribution in [3.8, 4) is 0 Å². The van der Waals surface area contributed by atoms with E-state index in [9.17, 15) is 0 Å². The molecular weight excluding hydrogens is 192 g/mol. The molecule has 0 nitrogen and oxygen atoms in total. The Kier molecular flexibility index (Phi) is 3.96. The maximum Gasteiger partial charge on any atom is -0.0201 e. The van der Waals surface area contributed by atoms with E-state index >= 15 is 0 Å². The quantitative estimate of drug-likeness (QED) is 0.666. The molecule has 1 rings (SSSR count). The average Bonchev–Trinajstić information content (AvgIpc) is 2.14. The molecule has 0 unspecified atom stereocenters. The van der Waals surface area contributed by atoms with Crippen molar-refractivity contribution in [3.63, 3.8) is 0 Å². The Balaban J connectivity index is 2.93. The fourth-order valence-corrected chi connectivity index (χ4v) is 2.08. The highest BCUT2D eigenvalue weighted by atomic mass is 14.2.